The van der Waals surface area contributed by atoms with Gasteiger partial charge in [0.15, 0.2) is 0 Å². The van der Waals surface area contributed by atoms with Gasteiger partial charge >= 0.3 is 6.18 Å². The van der Waals surface area contributed by atoms with Crippen LogP contribution in [0.1, 0.15) is 42.4 Å². The van der Waals surface area contributed by atoms with Gasteiger partial charge in [-0.15, -0.1) is 0 Å². The number of amides is 1. The molecule has 4 nitrogen and oxygen atoms in total. The van der Waals surface area contributed by atoms with Crippen LogP contribution in [-0.2, 0) is 17.4 Å². The van der Waals surface area contributed by atoms with E-state index in [4.69, 9.17) is 5.73 Å². The maximum Gasteiger partial charge on any atom is 0.416 e. The molecule has 8 heteroatoms. The highest BCUT2D eigenvalue weighted by atomic mass is 32.2. The zero-order valence-corrected chi connectivity index (χ0v) is 17.9. The Hall–Kier alpha value is -2.03. The number of hydrogen-bond acceptors (Lipinski definition) is 4. The fraction of sp³-hybridized carbons (Fsp3) is 0.435. The zero-order valence-electron chi connectivity index (χ0n) is 17.1. The predicted molar refractivity (Wildman–Crippen MR) is 116 cm³/mol. The summed E-state index contributed by atoms with van der Waals surface area (Å²) in [6.45, 7) is 1.22. The van der Waals surface area contributed by atoms with Gasteiger partial charge in [0.2, 0.25) is 5.91 Å². The Morgan fingerprint density at radius 3 is 2.74 bits per heavy atom. The van der Waals surface area contributed by atoms with Crippen molar-refractivity contribution in [1.82, 2.24) is 5.32 Å². The first-order valence-electron chi connectivity index (χ1n) is 10.6. The molecule has 2 aromatic rings. The Balaban J connectivity index is 1.59. The highest BCUT2D eigenvalue weighted by molar-refractivity contribution is 7.99. The lowest BCUT2D eigenvalue weighted by molar-refractivity contribution is -0.137. The molecule has 0 spiro atoms. The number of nitrogens with two attached hydrogens (primary N) is 1. The van der Waals surface area contributed by atoms with Crippen LogP contribution in [0.5, 0.6) is 0 Å². The summed E-state index contributed by atoms with van der Waals surface area (Å²) in [5.41, 5.74) is 6.89. The van der Waals surface area contributed by atoms with Crippen LogP contribution in [0.3, 0.4) is 0 Å². The monoisotopic (exact) mass is 449 g/mol. The van der Waals surface area contributed by atoms with E-state index in [1.54, 1.807) is 0 Å². The van der Waals surface area contributed by atoms with Gasteiger partial charge in [-0.2, -0.15) is 13.2 Å². The first-order chi connectivity index (χ1) is 14.8. The topological polar surface area (TPSA) is 67.1 Å². The van der Waals surface area contributed by atoms with Gasteiger partial charge in [0.1, 0.15) is 0 Å². The molecule has 2 aliphatic rings. The lowest BCUT2D eigenvalue weighted by Gasteiger charge is -2.30. The molecule has 0 bridgehead atoms. The van der Waals surface area contributed by atoms with E-state index in [1.807, 2.05) is 24.3 Å². The standard InChI is InChI=1S/C23H26F3N3OS/c24-23(25,26)16-12-19(18-11-14-4-1-2-7-20(14)31-21(18)13-16)29-22(30)15-5-3-6-17(10-15)28-9-8-27/h1-2,4,7,12-13,15,17,28H,3,5-6,8-11,27H2,(H,29,30). The Labute approximate surface area is 184 Å². The molecule has 2 aromatic carbocycles. The number of carbonyl (C=O) groups excluding carboxylic acids is 1. The van der Waals surface area contributed by atoms with Crippen molar-refractivity contribution in [3.63, 3.8) is 0 Å². The number of nitrogens with one attached hydrogen (secondary N) is 2. The third-order valence-corrected chi connectivity index (χ3v) is 7.18. The van der Waals surface area contributed by atoms with E-state index in [1.165, 1.54) is 17.8 Å². The van der Waals surface area contributed by atoms with Crippen molar-refractivity contribution in [1.29, 1.82) is 0 Å². The van der Waals surface area contributed by atoms with Crippen LogP contribution >= 0.6 is 11.8 Å². The molecule has 4 N–H and O–H groups in total. The van der Waals surface area contributed by atoms with Crippen LogP contribution in [0.2, 0.25) is 0 Å². The maximum atomic E-state index is 13.6. The Bertz CT molecular complexity index is 964. The van der Waals surface area contributed by atoms with Crippen molar-refractivity contribution in [2.45, 2.75) is 54.1 Å². The molecular formula is C23H26F3N3OS. The van der Waals surface area contributed by atoms with E-state index in [0.29, 0.717) is 30.8 Å². The zero-order chi connectivity index (χ0) is 22.0. The number of anilines is 1. The van der Waals surface area contributed by atoms with Crippen molar-refractivity contribution in [3.8, 4) is 0 Å². The predicted octanol–water partition coefficient (Wildman–Crippen LogP) is 4.81. The summed E-state index contributed by atoms with van der Waals surface area (Å²) in [4.78, 5) is 14.5. The van der Waals surface area contributed by atoms with E-state index in [9.17, 15) is 18.0 Å². The number of rotatable bonds is 5. The number of carbonyl (C=O) groups is 1. The number of hydrogen-bond donors (Lipinski definition) is 3. The Morgan fingerprint density at radius 2 is 1.97 bits per heavy atom. The van der Waals surface area contributed by atoms with Gasteiger partial charge in [-0.05, 0) is 48.6 Å². The molecule has 1 aliphatic carbocycles. The first kappa shape index (κ1) is 22.2. The minimum absolute atomic E-state index is 0.204. The van der Waals surface area contributed by atoms with Gasteiger partial charge in [-0.25, -0.2) is 0 Å². The van der Waals surface area contributed by atoms with Crippen molar-refractivity contribution in [2.24, 2.45) is 11.7 Å². The molecule has 1 heterocycles. The second-order valence-corrected chi connectivity index (χ2v) is 9.26. The van der Waals surface area contributed by atoms with Crippen LogP contribution in [0.15, 0.2) is 46.2 Å². The van der Waals surface area contributed by atoms with E-state index in [2.05, 4.69) is 10.6 Å². The lowest BCUT2D eigenvalue weighted by Crippen LogP contribution is -2.40. The maximum absolute atomic E-state index is 13.6. The molecule has 1 amide bonds. The lowest BCUT2D eigenvalue weighted by atomic mass is 9.85. The van der Waals surface area contributed by atoms with Gasteiger partial charge in [0.05, 0.1) is 5.56 Å². The van der Waals surface area contributed by atoms with E-state index in [0.717, 1.165) is 41.4 Å². The third kappa shape index (κ3) is 5.07. The average molecular weight is 450 g/mol. The van der Waals surface area contributed by atoms with E-state index < -0.39 is 11.7 Å². The summed E-state index contributed by atoms with van der Waals surface area (Å²) in [5.74, 6) is -0.428. The molecular weight excluding hydrogens is 423 g/mol. The van der Waals surface area contributed by atoms with Crippen LogP contribution in [-0.4, -0.2) is 25.0 Å². The van der Waals surface area contributed by atoms with Gasteiger partial charge < -0.3 is 16.4 Å². The third-order valence-electron chi connectivity index (χ3n) is 5.98. The number of fused-ring (bicyclic) bond motifs is 2. The molecule has 166 valence electrons. The highest BCUT2D eigenvalue weighted by Crippen LogP contribution is 2.45. The number of benzene rings is 2. The molecule has 4 rings (SSSR count). The molecule has 2 atom stereocenters. The Morgan fingerprint density at radius 1 is 1.16 bits per heavy atom. The fourth-order valence-electron chi connectivity index (χ4n) is 4.39. The van der Waals surface area contributed by atoms with E-state index >= 15 is 0 Å². The molecule has 1 aliphatic heterocycles. The molecule has 0 radical (unpaired) electrons. The molecule has 31 heavy (non-hydrogen) atoms. The van der Waals surface area contributed by atoms with Crippen molar-refractivity contribution >= 4 is 23.4 Å². The fourth-order valence-corrected chi connectivity index (χ4v) is 5.53. The minimum Gasteiger partial charge on any atom is -0.329 e. The van der Waals surface area contributed by atoms with Gasteiger partial charge in [-0.3, -0.25) is 4.79 Å². The van der Waals surface area contributed by atoms with Gasteiger partial charge in [-0.1, -0.05) is 36.4 Å². The first-order valence-corrected chi connectivity index (χ1v) is 11.4. The minimum atomic E-state index is -4.48. The molecule has 0 aromatic heterocycles. The van der Waals surface area contributed by atoms with Gasteiger partial charge in [0, 0.05) is 46.9 Å². The van der Waals surface area contributed by atoms with Crippen molar-refractivity contribution in [2.75, 3.05) is 18.4 Å². The largest absolute Gasteiger partial charge is 0.416 e. The van der Waals surface area contributed by atoms with Gasteiger partial charge in [0.25, 0.3) is 0 Å². The smallest absolute Gasteiger partial charge is 0.329 e. The normalized spacial score (nSPS) is 20.6. The second-order valence-electron chi connectivity index (χ2n) is 8.18. The highest BCUT2D eigenvalue weighted by Gasteiger charge is 2.34. The molecule has 1 saturated carbocycles. The number of alkyl halides is 3. The van der Waals surface area contributed by atoms with Crippen molar-refractivity contribution < 1.29 is 18.0 Å². The summed E-state index contributed by atoms with van der Waals surface area (Å²) in [6.07, 6.45) is -0.679. The summed E-state index contributed by atoms with van der Waals surface area (Å²) >= 11 is 1.33. The summed E-state index contributed by atoms with van der Waals surface area (Å²) in [7, 11) is 0. The van der Waals surface area contributed by atoms with Crippen molar-refractivity contribution in [3.05, 3.63) is 53.1 Å². The van der Waals surface area contributed by atoms with Crippen LogP contribution in [0, 0.1) is 5.92 Å². The summed E-state index contributed by atoms with van der Waals surface area (Å²) < 4.78 is 40.7. The molecule has 1 fully saturated rings. The number of halogens is 3. The Kier molecular flexibility index (Phi) is 6.60. The quantitative estimate of drug-likeness (QED) is 0.523. The molecule has 2 unspecified atom stereocenters. The van der Waals surface area contributed by atoms with Crippen LogP contribution in [0.25, 0.3) is 0 Å². The summed E-state index contributed by atoms with van der Waals surface area (Å²) in [6, 6.07) is 10.2. The summed E-state index contributed by atoms with van der Waals surface area (Å²) in [5, 5.41) is 6.21. The van der Waals surface area contributed by atoms with E-state index in [-0.39, 0.29) is 23.6 Å². The van der Waals surface area contributed by atoms with Crippen LogP contribution < -0.4 is 16.4 Å². The van der Waals surface area contributed by atoms with Crippen LogP contribution in [0.4, 0.5) is 18.9 Å². The second kappa shape index (κ2) is 9.22. The SMILES string of the molecule is NCCNC1CCCC(C(=O)Nc2cc(C(F)(F)F)cc3c2Cc2ccccc2S3)C1. The molecule has 0 saturated heterocycles. The average Bonchev–Trinajstić information content (AvgIpc) is 2.75.